The number of rotatable bonds is 4. The summed E-state index contributed by atoms with van der Waals surface area (Å²) >= 11 is 0. The fourth-order valence-electron chi connectivity index (χ4n) is 3.26. The molecule has 3 N–H and O–H groups in total. The SMILES string of the molecule is CN(C)C(=O)CN1CCCN(c2nc3cc(C(=O)O)ccc3n2C)CC1.O=CO.O=CO. The topological polar surface area (TPSA) is 157 Å². The molecule has 0 unspecified atom stereocenters. The Kier molecular flexibility index (Phi) is 10.6. The molecule has 1 amide bonds. The highest BCUT2D eigenvalue weighted by molar-refractivity contribution is 5.93. The number of carboxylic acid groups (broad SMARTS) is 3. The lowest BCUT2D eigenvalue weighted by Crippen LogP contribution is -2.39. The first-order valence-corrected chi connectivity index (χ1v) is 9.73. The molecule has 1 aromatic carbocycles. The quantitative estimate of drug-likeness (QED) is 0.551. The number of carbonyl (C=O) groups excluding carboxylic acids is 1. The van der Waals surface area contributed by atoms with Crippen molar-refractivity contribution in [2.24, 2.45) is 7.05 Å². The maximum absolute atomic E-state index is 11.9. The Morgan fingerprint density at radius 2 is 1.72 bits per heavy atom. The van der Waals surface area contributed by atoms with E-state index in [0.29, 0.717) is 12.1 Å². The van der Waals surface area contributed by atoms with Gasteiger partial charge >= 0.3 is 5.97 Å². The summed E-state index contributed by atoms with van der Waals surface area (Å²) in [7, 11) is 5.50. The van der Waals surface area contributed by atoms with Crippen LogP contribution in [0.5, 0.6) is 0 Å². The first-order valence-electron chi connectivity index (χ1n) is 9.73. The molecule has 12 nitrogen and oxygen atoms in total. The second kappa shape index (κ2) is 12.9. The molecular weight excluding hydrogens is 422 g/mol. The van der Waals surface area contributed by atoms with Gasteiger partial charge in [0.05, 0.1) is 23.1 Å². The highest BCUT2D eigenvalue weighted by Gasteiger charge is 2.21. The smallest absolute Gasteiger partial charge is 0.335 e. The van der Waals surface area contributed by atoms with Crippen molar-refractivity contribution in [3.05, 3.63) is 23.8 Å². The maximum Gasteiger partial charge on any atom is 0.335 e. The Hall–Kier alpha value is -3.67. The van der Waals surface area contributed by atoms with Crippen LogP contribution >= 0.6 is 0 Å². The minimum atomic E-state index is -0.949. The van der Waals surface area contributed by atoms with Gasteiger partial charge in [-0.15, -0.1) is 0 Å². The number of hydrogen-bond acceptors (Lipinski definition) is 7. The molecule has 1 aliphatic rings. The van der Waals surface area contributed by atoms with Crippen molar-refractivity contribution in [1.29, 1.82) is 0 Å². The number of hydrogen-bond donors (Lipinski definition) is 3. The van der Waals surface area contributed by atoms with Crippen LogP contribution in [-0.4, -0.2) is 106 Å². The minimum absolute atomic E-state index is 0.113. The number of aromatic nitrogens is 2. The first-order chi connectivity index (χ1) is 15.2. The van der Waals surface area contributed by atoms with Crippen molar-refractivity contribution in [1.82, 2.24) is 19.4 Å². The number of nitrogens with zero attached hydrogens (tertiary/aromatic N) is 5. The molecule has 0 saturated carbocycles. The van der Waals surface area contributed by atoms with Crippen LogP contribution < -0.4 is 4.90 Å². The van der Waals surface area contributed by atoms with E-state index in [2.05, 4.69) is 14.8 Å². The lowest BCUT2D eigenvalue weighted by Gasteiger charge is -2.23. The van der Waals surface area contributed by atoms with Gasteiger partial charge in [-0.1, -0.05) is 0 Å². The zero-order valence-corrected chi connectivity index (χ0v) is 18.3. The third-order valence-electron chi connectivity index (χ3n) is 4.83. The van der Waals surface area contributed by atoms with Crippen LogP contribution in [0.2, 0.25) is 0 Å². The summed E-state index contributed by atoms with van der Waals surface area (Å²) in [6.07, 6.45) is 0.949. The molecule has 32 heavy (non-hydrogen) atoms. The summed E-state index contributed by atoms with van der Waals surface area (Å²) in [5.74, 6) is 0.000724. The van der Waals surface area contributed by atoms with Crippen molar-refractivity contribution in [2.45, 2.75) is 6.42 Å². The molecule has 1 saturated heterocycles. The second-order valence-electron chi connectivity index (χ2n) is 7.10. The van der Waals surface area contributed by atoms with Crippen LogP contribution in [0.3, 0.4) is 0 Å². The summed E-state index contributed by atoms with van der Waals surface area (Å²) < 4.78 is 2.00. The van der Waals surface area contributed by atoms with Crippen molar-refractivity contribution in [2.75, 3.05) is 51.7 Å². The van der Waals surface area contributed by atoms with Crippen molar-refractivity contribution in [3.8, 4) is 0 Å². The molecule has 1 aliphatic heterocycles. The summed E-state index contributed by atoms with van der Waals surface area (Å²) in [6.45, 7) is 3.25. The number of aromatic carboxylic acids is 1. The van der Waals surface area contributed by atoms with Gasteiger partial charge in [-0.05, 0) is 24.6 Å². The van der Waals surface area contributed by atoms with E-state index in [-0.39, 0.29) is 24.4 Å². The Labute approximate surface area is 185 Å². The van der Waals surface area contributed by atoms with E-state index < -0.39 is 5.97 Å². The lowest BCUT2D eigenvalue weighted by atomic mass is 10.2. The number of imidazole rings is 1. The van der Waals surface area contributed by atoms with Crippen LogP contribution in [0, 0.1) is 0 Å². The fourth-order valence-corrected chi connectivity index (χ4v) is 3.26. The lowest BCUT2D eigenvalue weighted by molar-refractivity contribution is -0.130. The van der Waals surface area contributed by atoms with Gasteiger partial charge in [0.15, 0.2) is 0 Å². The third kappa shape index (κ3) is 7.23. The minimum Gasteiger partial charge on any atom is -0.483 e. The van der Waals surface area contributed by atoms with Gasteiger partial charge in [0.25, 0.3) is 12.9 Å². The summed E-state index contributed by atoms with van der Waals surface area (Å²) in [5, 5.41) is 22.9. The largest absolute Gasteiger partial charge is 0.483 e. The predicted molar refractivity (Wildman–Crippen MR) is 117 cm³/mol. The van der Waals surface area contributed by atoms with E-state index in [1.165, 1.54) is 0 Å². The maximum atomic E-state index is 11.9. The average Bonchev–Trinajstić information content (AvgIpc) is 2.90. The second-order valence-corrected chi connectivity index (χ2v) is 7.10. The van der Waals surface area contributed by atoms with Crippen molar-refractivity contribution < 1.29 is 34.5 Å². The van der Waals surface area contributed by atoms with Crippen LogP contribution in [0.1, 0.15) is 16.8 Å². The molecule has 2 heterocycles. The number of carbonyl (C=O) groups is 4. The molecule has 0 atom stereocenters. The highest BCUT2D eigenvalue weighted by atomic mass is 16.4. The molecule has 1 aromatic heterocycles. The monoisotopic (exact) mass is 451 g/mol. The number of amides is 1. The average molecular weight is 451 g/mol. The number of carboxylic acids is 1. The molecule has 176 valence electrons. The number of likely N-dealkylation sites (N-methyl/N-ethyl adjacent to an activating group) is 1. The van der Waals surface area contributed by atoms with Gasteiger partial charge in [-0.2, -0.15) is 0 Å². The molecule has 2 aromatic rings. The van der Waals surface area contributed by atoms with Gasteiger partial charge in [0.2, 0.25) is 11.9 Å². The number of fused-ring (bicyclic) bond motifs is 1. The molecule has 1 fully saturated rings. The van der Waals surface area contributed by atoms with Crippen molar-refractivity contribution in [3.63, 3.8) is 0 Å². The number of benzene rings is 1. The predicted octanol–water partition coefficient (Wildman–Crippen LogP) is 0.273. The molecule has 3 rings (SSSR count). The van der Waals surface area contributed by atoms with Gasteiger partial charge in [-0.25, -0.2) is 9.78 Å². The number of aryl methyl sites for hydroxylation is 1. The van der Waals surface area contributed by atoms with E-state index in [4.69, 9.17) is 24.9 Å². The number of anilines is 1. The molecular formula is C20H29N5O7. The molecule has 0 bridgehead atoms. The first kappa shape index (κ1) is 26.4. The Balaban J connectivity index is 0.000000769. The van der Waals surface area contributed by atoms with Crippen LogP contribution in [0.25, 0.3) is 11.0 Å². The molecule has 0 radical (unpaired) electrons. The van der Waals surface area contributed by atoms with Crippen LogP contribution in [-0.2, 0) is 21.4 Å². The Morgan fingerprint density at radius 1 is 1.09 bits per heavy atom. The Bertz CT molecular complexity index is 922. The fraction of sp³-hybridized carbons (Fsp3) is 0.450. The highest BCUT2D eigenvalue weighted by Crippen LogP contribution is 2.23. The van der Waals surface area contributed by atoms with Crippen molar-refractivity contribution >= 4 is 41.8 Å². The zero-order chi connectivity index (χ0) is 24.3. The van der Waals surface area contributed by atoms with Gasteiger partial charge in [-0.3, -0.25) is 19.3 Å². The third-order valence-corrected chi connectivity index (χ3v) is 4.83. The summed E-state index contributed by atoms with van der Waals surface area (Å²) in [6, 6.07) is 5.02. The van der Waals surface area contributed by atoms with E-state index >= 15 is 0 Å². The Morgan fingerprint density at radius 3 is 2.28 bits per heavy atom. The van der Waals surface area contributed by atoms with Crippen LogP contribution in [0.15, 0.2) is 18.2 Å². The zero-order valence-electron chi connectivity index (χ0n) is 18.3. The molecule has 0 spiro atoms. The van der Waals surface area contributed by atoms with E-state index in [1.807, 2.05) is 11.6 Å². The van der Waals surface area contributed by atoms with Gasteiger partial charge in [0, 0.05) is 47.3 Å². The van der Waals surface area contributed by atoms with Gasteiger partial charge < -0.3 is 29.7 Å². The molecule has 12 heteroatoms. The van der Waals surface area contributed by atoms with E-state index in [0.717, 1.165) is 44.1 Å². The van der Waals surface area contributed by atoms with Gasteiger partial charge in [0.1, 0.15) is 0 Å². The normalized spacial score (nSPS) is 13.7. The summed E-state index contributed by atoms with van der Waals surface area (Å²) in [5.41, 5.74) is 1.84. The van der Waals surface area contributed by atoms with E-state index in [1.54, 1.807) is 37.2 Å². The molecule has 0 aliphatic carbocycles. The van der Waals surface area contributed by atoms with Crippen LogP contribution in [0.4, 0.5) is 5.95 Å². The summed E-state index contributed by atoms with van der Waals surface area (Å²) in [4.78, 5) is 50.5. The standard InChI is InChI=1S/C18H25N5O3.2CH2O2/c1-20(2)16(24)12-22-7-4-8-23(10-9-22)18-19-14-11-13(17(25)26)5-6-15(14)21(18)3;2*2-1-3/h5-6,11H,4,7-10,12H2,1-3H3,(H,25,26);2*1H,(H,2,3). The van der Waals surface area contributed by atoms with E-state index in [9.17, 15) is 9.59 Å².